The van der Waals surface area contributed by atoms with Gasteiger partial charge in [0.25, 0.3) is 0 Å². The Kier molecular flexibility index (Phi) is 6.69. The van der Waals surface area contributed by atoms with E-state index in [0.29, 0.717) is 12.0 Å². The van der Waals surface area contributed by atoms with Crippen molar-refractivity contribution in [2.45, 2.75) is 39.7 Å². The van der Waals surface area contributed by atoms with Crippen LogP contribution in [0.25, 0.3) is 0 Å². The molecule has 0 aliphatic heterocycles. The molecule has 2 N–H and O–H groups in total. The normalized spacial score (nSPS) is 13.0. The lowest BCUT2D eigenvalue weighted by molar-refractivity contribution is 0.513. The third-order valence-electron chi connectivity index (χ3n) is 2.08. The molecule has 2 heteroatoms. The topological polar surface area (TPSA) is 24.1 Å². The third-order valence-corrected chi connectivity index (χ3v) is 2.08. The van der Waals surface area contributed by atoms with Crippen molar-refractivity contribution in [1.82, 2.24) is 10.6 Å². The second kappa shape index (κ2) is 6.96. The molecule has 0 fully saturated rings. The second-order valence-electron chi connectivity index (χ2n) is 3.93. The average molecular weight is 184 g/mol. The number of likely N-dealkylation sites (N-methyl/N-ethyl adjacent to an activating group) is 1. The zero-order valence-electron chi connectivity index (χ0n) is 9.48. The van der Waals surface area contributed by atoms with Crippen LogP contribution in [0.3, 0.4) is 0 Å². The summed E-state index contributed by atoms with van der Waals surface area (Å²) in [4.78, 5) is 0. The van der Waals surface area contributed by atoms with Crippen molar-refractivity contribution >= 4 is 0 Å². The van der Waals surface area contributed by atoms with Gasteiger partial charge in [0.05, 0.1) is 0 Å². The van der Waals surface area contributed by atoms with Gasteiger partial charge in [0, 0.05) is 18.3 Å². The summed E-state index contributed by atoms with van der Waals surface area (Å²) in [5.74, 6) is 0.677. The molecule has 78 valence electrons. The molecule has 0 radical (unpaired) electrons. The molecule has 0 saturated heterocycles. The molecule has 1 atom stereocenters. The van der Waals surface area contributed by atoms with E-state index in [1.807, 2.05) is 7.05 Å². The molecule has 1 unspecified atom stereocenters. The van der Waals surface area contributed by atoms with Gasteiger partial charge in [0.2, 0.25) is 0 Å². The molecule has 0 aliphatic carbocycles. The first kappa shape index (κ1) is 12.5. The van der Waals surface area contributed by atoms with Gasteiger partial charge in [-0.15, -0.1) is 0 Å². The average Bonchev–Trinajstić information content (AvgIpc) is 2.10. The predicted molar refractivity (Wildman–Crippen MR) is 59.7 cm³/mol. The molecule has 0 rings (SSSR count). The van der Waals surface area contributed by atoms with Crippen molar-refractivity contribution < 1.29 is 0 Å². The summed E-state index contributed by atoms with van der Waals surface area (Å²) in [6.45, 7) is 11.7. The van der Waals surface area contributed by atoms with Crippen LogP contribution in [-0.2, 0) is 0 Å². The Morgan fingerprint density at radius 3 is 2.38 bits per heavy atom. The summed E-state index contributed by atoms with van der Waals surface area (Å²) in [7, 11) is 1.99. The molecule has 0 saturated carbocycles. The van der Waals surface area contributed by atoms with Gasteiger partial charge in [-0.2, -0.15) is 0 Å². The quantitative estimate of drug-likeness (QED) is 0.633. The SMILES string of the molecule is C=C(NCC(C)C)C(CCC)NC. The standard InChI is InChI=1S/C11H24N2/c1-6-7-11(12-5)10(4)13-8-9(2)3/h9,11-13H,4,6-8H2,1-3,5H3. The van der Waals surface area contributed by atoms with E-state index in [2.05, 4.69) is 38.0 Å². The van der Waals surface area contributed by atoms with Crippen molar-refractivity contribution in [1.29, 1.82) is 0 Å². The van der Waals surface area contributed by atoms with Crippen LogP contribution >= 0.6 is 0 Å². The maximum atomic E-state index is 4.04. The van der Waals surface area contributed by atoms with Crippen LogP contribution in [0.1, 0.15) is 33.6 Å². The molecule has 0 aromatic rings. The van der Waals surface area contributed by atoms with Crippen molar-refractivity contribution in [2.24, 2.45) is 5.92 Å². The van der Waals surface area contributed by atoms with Crippen molar-refractivity contribution in [3.05, 3.63) is 12.3 Å². The highest BCUT2D eigenvalue weighted by Gasteiger charge is 2.08. The summed E-state index contributed by atoms with van der Waals surface area (Å²) in [6, 6.07) is 0.420. The lowest BCUT2D eigenvalue weighted by Gasteiger charge is -2.20. The van der Waals surface area contributed by atoms with Gasteiger partial charge in [0.1, 0.15) is 0 Å². The number of hydrogen-bond donors (Lipinski definition) is 2. The summed E-state index contributed by atoms with van der Waals surface area (Å²) >= 11 is 0. The van der Waals surface area contributed by atoms with E-state index in [0.717, 1.165) is 18.7 Å². The first-order valence-electron chi connectivity index (χ1n) is 5.21. The fraction of sp³-hybridized carbons (Fsp3) is 0.818. The maximum Gasteiger partial charge on any atom is 0.0460 e. The van der Waals surface area contributed by atoms with Gasteiger partial charge in [-0.1, -0.05) is 33.8 Å². The van der Waals surface area contributed by atoms with Crippen molar-refractivity contribution in [2.75, 3.05) is 13.6 Å². The van der Waals surface area contributed by atoms with E-state index in [1.54, 1.807) is 0 Å². The minimum atomic E-state index is 0.420. The Labute approximate surface area is 82.8 Å². The summed E-state index contributed by atoms with van der Waals surface area (Å²) in [6.07, 6.45) is 2.34. The molecule has 0 aromatic heterocycles. The Bertz CT molecular complexity index is 141. The van der Waals surface area contributed by atoms with Crippen molar-refractivity contribution in [3.63, 3.8) is 0 Å². The highest BCUT2D eigenvalue weighted by molar-refractivity contribution is 5.02. The van der Waals surface area contributed by atoms with Crippen LogP contribution in [-0.4, -0.2) is 19.6 Å². The molecule has 13 heavy (non-hydrogen) atoms. The van der Waals surface area contributed by atoms with E-state index >= 15 is 0 Å². The van der Waals surface area contributed by atoms with E-state index in [1.165, 1.54) is 6.42 Å². The number of rotatable bonds is 7. The van der Waals surface area contributed by atoms with Gasteiger partial charge in [-0.25, -0.2) is 0 Å². The lowest BCUT2D eigenvalue weighted by atomic mass is 10.1. The van der Waals surface area contributed by atoms with Crippen molar-refractivity contribution in [3.8, 4) is 0 Å². The second-order valence-corrected chi connectivity index (χ2v) is 3.93. The summed E-state index contributed by atoms with van der Waals surface area (Å²) < 4.78 is 0. The van der Waals surface area contributed by atoms with Crippen LogP contribution in [0, 0.1) is 5.92 Å². The Morgan fingerprint density at radius 1 is 1.38 bits per heavy atom. The van der Waals surface area contributed by atoms with Gasteiger partial charge < -0.3 is 10.6 Å². The molecular weight excluding hydrogens is 160 g/mol. The minimum absolute atomic E-state index is 0.420. The lowest BCUT2D eigenvalue weighted by Crippen LogP contribution is -2.34. The van der Waals surface area contributed by atoms with Crippen LogP contribution in [0.5, 0.6) is 0 Å². The predicted octanol–water partition coefficient (Wildman–Crippen LogP) is 2.13. The summed E-state index contributed by atoms with van der Waals surface area (Å²) in [5.41, 5.74) is 1.12. The first-order valence-corrected chi connectivity index (χ1v) is 5.21. The van der Waals surface area contributed by atoms with E-state index in [-0.39, 0.29) is 0 Å². The third kappa shape index (κ3) is 5.69. The highest BCUT2D eigenvalue weighted by Crippen LogP contribution is 2.04. The maximum absolute atomic E-state index is 4.04. The molecular formula is C11H24N2. The zero-order chi connectivity index (χ0) is 10.3. The Hall–Kier alpha value is -0.500. The van der Waals surface area contributed by atoms with Gasteiger partial charge >= 0.3 is 0 Å². The Morgan fingerprint density at radius 2 is 2.00 bits per heavy atom. The van der Waals surface area contributed by atoms with Crippen LogP contribution in [0.4, 0.5) is 0 Å². The molecule has 2 nitrogen and oxygen atoms in total. The largest absolute Gasteiger partial charge is 0.387 e. The summed E-state index contributed by atoms with van der Waals surface area (Å²) in [5, 5.41) is 6.63. The van der Waals surface area contributed by atoms with Crippen LogP contribution in [0.2, 0.25) is 0 Å². The molecule has 0 spiro atoms. The molecule has 0 amide bonds. The van der Waals surface area contributed by atoms with E-state index in [4.69, 9.17) is 0 Å². The molecule has 0 heterocycles. The number of hydrogen-bond acceptors (Lipinski definition) is 2. The van der Waals surface area contributed by atoms with E-state index in [9.17, 15) is 0 Å². The van der Waals surface area contributed by atoms with Gasteiger partial charge in [0.15, 0.2) is 0 Å². The van der Waals surface area contributed by atoms with Crippen LogP contribution in [0.15, 0.2) is 12.3 Å². The smallest absolute Gasteiger partial charge is 0.0460 e. The van der Waals surface area contributed by atoms with Crippen LogP contribution < -0.4 is 10.6 Å². The first-order chi connectivity index (χ1) is 6.11. The molecule has 0 aromatic carbocycles. The Balaban J connectivity index is 3.77. The number of nitrogens with one attached hydrogen (secondary N) is 2. The minimum Gasteiger partial charge on any atom is -0.387 e. The molecule has 0 aliphatic rings. The monoisotopic (exact) mass is 184 g/mol. The van der Waals surface area contributed by atoms with Gasteiger partial charge in [-0.3, -0.25) is 0 Å². The fourth-order valence-corrected chi connectivity index (χ4v) is 1.24. The van der Waals surface area contributed by atoms with Gasteiger partial charge in [-0.05, 0) is 19.4 Å². The molecule has 0 bridgehead atoms. The highest BCUT2D eigenvalue weighted by atomic mass is 15.0. The zero-order valence-corrected chi connectivity index (χ0v) is 9.48. The van der Waals surface area contributed by atoms with E-state index < -0.39 is 0 Å². The fourth-order valence-electron chi connectivity index (χ4n) is 1.24.